The average molecular weight is 267 g/mol. The van der Waals surface area contributed by atoms with Crippen molar-refractivity contribution in [2.75, 3.05) is 5.32 Å². The third-order valence-corrected chi connectivity index (χ3v) is 4.06. The van der Waals surface area contributed by atoms with Crippen LogP contribution in [0.25, 0.3) is 0 Å². The number of carbonyl (C=O) groups excluding carboxylic acids is 1. The Balaban J connectivity index is 2.09. The normalized spacial score (nSPS) is 17.7. The van der Waals surface area contributed by atoms with Gasteiger partial charge in [0.15, 0.2) is 0 Å². The van der Waals surface area contributed by atoms with E-state index in [1.807, 2.05) is 6.07 Å². The van der Waals surface area contributed by atoms with Crippen molar-refractivity contribution < 1.29 is 4.79 Å². The molecule has 98 valence electrons. The van der Waals surface area contributed by atoms with Gasteiger partial charge in [-0.15, -0.1) is 0 Å². The molecule has 1 aliphatic rings. The van der Waals surface area contributed by atoms with E-state index < -0.39 is 5.91 Å². The summed E-state index contributed by atoms with van der Waals surface area (Å²) >= 11 is 5.93. The number of carbonyl (C=O) groups is 1. The van der Waals surface area contributed by atoms with Gasteiger partial charge in [-0.05, 0) is 43.9 Å². The highest BCUT2D eigenvalue weighted by molar-refractivity contribution is 6.33. The number of primary amides is 1. The topological polar surface area (TPSA) is 55.1 Å². The first-order valence-corrected chi connectivity index (χ1v) is 6.81. The lowest BCUT2D eigenvalue weighted by atomic mass is 9.99. The van der Waals surface area contributed by atoms with E-state index in [0.717, 1.165) is 11.6 Å². The summed E-state index contributed by atoms with van der Waals surface area (Å²) in [5.74, 6) is 0.231. The summed E-state index contributed by atoms with van der Waals surface area (Å²) < 4.78 is 0. The Kier molecular flexibility index (Phi) is 4.12. The summed E-state index contributed by atoms with van der Waals surface area (Å²) in [7, 11) is 0. The van der Waals surface area contributed by atoms with Crippen LogP contribution in [0.5, 0.6) is 0 Å². The van der Waals surface area contributed by atoms with Crippen LogP contribution in [0.2, 0.25) is 5.02 Å². The number of halogens is 1. The maximum atomic E-state index is 11.2. The van der Waals surface area contributed by atoms with Gasteiger partial charge in [0, 0.05) is 11.7 Å². The molecule has 0 heterocycles. The second-order valence-corrected chi connectivity index (χ2v) is 5.44. The highest BCUT2D eigenvalue weighted by Gasteiger charge is 2.21. The molecule has 4 heteroatoms. The van der Waals surface area contributed by atoms with E-state index in [9.17, 15) is 4.79 Å². The number of hydrogen-bond acceptors (Lipinski definition) is 2. The molecule has 1 aromatic carbocycles. The SMILES string of the molecule is CC(Nc1ccc(Cl)c(C(N)=O)c1)C1CCCC1. The van der Waals surface area contributed by atoms with Gasteiger partial charge in [0.2, 0.25) is 5.91 Å². The highest BCUT2D eigenvalue weighted by atomic mass is 35.5. The monoisotopic (exact) mass is 266 g/mol. The van der Waals surface area contributed by atoms with Gasteiger partial charge in [-0.3, -0.25) is 4.79 Å². The zero-order chi connectivity index (χ0) is 13.1. The summed E-state index contributed by atoms with van der Waals surface area (Å²) in [6.07, 6.45) is 5.21. The smallest absolute Gasteiger partial charge is 0.250 e. The maximum absolute atomic E-state index is 11.2. The predicted molar refractivity (Wildman–Crippen MR) is 75.0 cm³/mol. The lowest BCUT2D eigenvalue weighted by Gasteiger charge is -2.22. The lowest BCUT2D eigenvalue weighted by molar-refractivity contribution is 0.100. The maximum Gasteiger partial charge on any atom is 0.250 e. The number of hydrogen-bond donors (Lipinski definition) is 2. The summed E-state index contributed by atoms with van der Waals surface area (Å²) in [4.78, 5) is 11.2. The van der Waals surface area contributed by atoms with Crippen molar-refractivity contribution in [2.45, 2.75) is 38.6 Å². The zero-order valence-corrected chi connectivity index (χ0v) is 11.3. The minimum absolute atomic E-state index is 0.375. The molecule has 3 nitrogen and oxygen atoms in total. The molecule has 1 fully saturated rings. The number of amides is 1. The van der Waals surface area contributed by atoms with Crippen LogP contribution in [0.4, 0.5) is 5.69 Å². The quantitative estimate of drug-likeness (QED) is 0.877. The largest absolute Gasteiger partial charge is 0.382 e. The van der Waals surface area contributed by atoms with Gasteiger partial charge >= 0.3 is 0 Å². The molecule has 1 unspecified atom stereocenters. The second kappa shape index (κ2) is 5.61. The molecule has 1 saturated carbocycles. The standard InChI is InChI=1S/C14H19ClN2O/c1-9(10-4-2-3-5-10)17-11-6-7-13(15)12(8-11)14(16)18/h6-10,17H,2-5H2,1H3,(H2,16,18). The number of nitrogens with two attached hydrogens (primary N) is 1. The summed E-state index contributed by atoms with van der Waals surface area (Å²) in [5, 5.41) is 3.84. The van der Waals surface area contributed by atoms with Crippen molar-refractivity contribution in [3.8, 4) is 0 Å². The highest BCUT2D eigenvalue weighted by Crippen LogP contribution is 2.30. The van der Waals surface area contributed by atoms with Gasteiger partial charge in [0.1, 0.15) is 0 Å². The molecule has 1 atom stereocenters. The number of anilines is 1. The van der Waals surface area contributed by atoms with Crippen LogP contribution in [-0.4, -0.2) is 11.9 Å². The lowest BCUT2D eigenvalue weighted by Crippen LogP contribution is -2.24. The van der Waals surface area contributed by atoms with Crippen molar-refractivity contribution in [3.05, 3.63) is 28.8 Å². The zero-order valence-electron chi connectivity index (χ0n) is 10.6. The minimum atomic E-state index is -0.489. The van der Waals surface area contributed by atoms with Gasteiger partial charge in [-0.2, -0.15) is 0 Å². The molecular weight excluding hydrogens is 248 g/mol. The Bertz CT molecular complexity index is 441. The first-order valence-electron chi connectivity index (χ1n) is 6.44. The minimum Gasteiger partial charge on any atom is -0.382 e. The van der Waals surface area contributed by atoms with E-state index in [2.05, 4.69) is 12.2 Å². The molecule has 3 N–H and O–H groups in total. The fourth-order valence-corrected chi connectivity index (χ4v) is 2.85. The average Bonchev–Trinajstić information content (AvgIpc) is 2.85. The predicted octanol–water partition coefficient (Wildman–Crippen LogP) is 3.43. The Labute approximate surface area is 113 Å². The van der Waals surface area contributed by atoms with Gasteiger partial charge in [0.25, 0.3) is 0 Å². The first-order chi connectivity index (χ1) is 8.58. The molecule has 1 aromatic rings. The Morgan fingerprint density at radius 3 is 2.72 bits per heavy atom. The van der Waals surface area contributed by atoms with Gasteiger partial charge in [0.05, 0.1) is 10.6 Å². The molecule has 1 amide bonds. The first kappa shape index (κ1) is 13.2. The Morgan fingerprint density at radius 2 is 2.11 bits per heavy atom. The van der Waals surface area contributed by atoms with Crippen molar-refractivity contribution in [3.63, 3.8) is 0 Å². The second-order valence-electron chi connectivity index (χ2n) is 5.04. The third-order valence-electron chi connectivity index (χ3n) is 3.73. The molecule has 2 rings (SSSR count). The molecule has 18 heavy (non-hydrogen) atoms. The van der Waals surface area contributed by atoms with E-state index in [4.69, 9.17) is 17.3 Å². The Morgan fingerprint density at radius 1 is 1.44 bits per heavy atom. The number of nitrogens with one attached hydrogen (secondary N) is 1. The van der Waals surface area contributed by atoms with Crippen molar-refractivity contribution in [1.82, 2.24) is 0 Å². The molecule has 0 aromatic heterocycles. The van der Waals surface area contributed by atoms with E-state index in [1.54, 1.807) is 12.1 Å². The molecular formula is C14H19ClN2O. The fraction of sp³-hybridized carbons (Fsp3) is 0.500. The molecule has 0 saturated heterocycles. The van der Waals surface area contributed by atoms with E-state index in [0.29, 0.717) is 16.6 Å². The van der Waals surface area contributed by atoms with Gasteiger partial charge < -0.3 is 11.1 Å². The van der Waals surface area contributed by atoms with Crippen LogP contribution in [-0.2, 0) is 0 Å². The van der Waals surface area contributed by atoms with E-state index in [1.165, 1.54) is 25.7 Å². The molecule has 0 aliphatic heterocycles. The van der Waals surface area contributed by atoms with Crippen LogP contribution in [0.15, 0.2) is 18.2 Å². The van der Waals surface area contributed by atoms with Gasteiger partial charge in [-0.1, -0.05) is 24.4 Å². The van der Waals surface area contributed by atoms with Crippen LogP contribution < -0.4 is 11.1 Å². The summed E-state index contributed by atoms with van der Waals surface area (Å²) in [6, 6.07) is 5.75. The van der Waals surface area contributed by atoms with Crippen molar-refractivity contribution in [1.29, 1.82) is 0 Å². The summed E-state index contributed by atoms with van der Waals surface area (Å²) in [6.45, 7) is 2.19. The van der Waals surface area contributed by atoms with Crippen molar-refractivity contribution in [2.24, 2.45) is 11.7 Å². The van der Waals surface area contributed by atoms with Crippen LogP contribution in [0, 0.1) is 5.92 Å². The van der Waals surface area contributed by atoms with E-state index >= 15 is 0 Å². The molecule has 0 bridgehead atoms. The summed E-state index contributed by atoms with van der Waals surface area (Å²) in [5.41, 5.74) is 6.57. The van der Waals surface area contributed by atoms with Crippen LogP contribution >= 0.6 is 11.6 Å². The number of benzene rings is 1. The molecule has 0 spiro atoms. The molecule has 1 aliphatic carbocycles. The fourth-order valence-electron chi connectivity index (χ4n) is 2.64. The molecule has 0 radical (unpaired) electrons. The van der Waals surface area contributed by atoms with Crippen LogP contribution in [0.1, 0.15) is 43.0 Å². The number of rotatable bonds is 4. The van der Waals surface area contributed by atoms with Crippen LogP contribution in [0.3, 0.4) is 0 Å². The Hall–Kier alpha value is -1.22. The van der Waals surface area contributed by atoms with Crippen molar-refractivity contribution >= 4 is 23.2 Å². The van der Waals surface area contributed by atoms with Gasteiger partial charge in [-0.25, -0.2) is 0 Å². The van der Waals surface area contributed by atoms with E-state index in [-0.39, 0.29) is 0 Å². The third kappa shape index (κ3) is 2.96.